The van der Waals surface area contributed by atoms with Crippen LogP contribution in [0.1, 0.15) is 27.7 Å². The van der Waals surface area contributed by atoms with Crippen LogP contribution in [0, 0.1) is 5.92 Å². The number of hydrogen-bond acceptors (Lipinski definition) is 2. The predicted octanol–water partition coefficient (Wildman–Crippen LogP) is 1.75. The number of ketones is 2. The monoisotopic (exact) mass is 154 g/mol. The molecule has 0 bridgehead atoms. The van der Waals surface area contributed by atoms with Crippen molar-refractivity contribution in [2.75, 3.05) is 0 Å². The third-order valence-corrected chi connectivity index (χ3v) is 1.33. The summed E-state index contributed by atoms with van der Waals surface area (Å²) in [7, 11) is 0. The van der Waals surface area contributed by atoms with Crippen LogP contribution in [0.4, 0.5) is 0 Å². The number of Topliss-reactive ketones (excluding diaryl/α,β-unsaturated/α-hetero) is 1. The van der Waals surface area contributed by atoms with Gasteiger partial charge >= 0.3 is 0 Å². The highest BCUT2D eigenvalue weighted by Gasteiger charge is 2.08. The van der Waals surface area contributed by atoms with Gasteiger partial charge in [-0.3, -0.25) is 9.59 Å². The number of carbonyl (C=O) groups is 2. The van der Waals surface area contributed by atoms with E-state index in [0.717, 1.165) is 0 Å². The predicted molar refractivity (Wildman–Crippen MR) is 44.3 cm³/mol. The number of allylic oxidation sites excluding steroid dienone is 2. The van der Waals surface area contributed by atoms with Gasteiger partial charge in [0, 0.05) is 5.92 Å². The molecule has 0 N–H and O–H groups in total. The zero-order valence-electron chi connectivity index (χ0n) is 7.47. The maximum absolute atomic E-state index is 11.2. The van der Waals surface area contributed by atoms with Crippen molar-refractivity contribution in [2.45, 2.75) is 27.7 Å². The summed E-state index contributed by atoms with van der Waals surface area (Å²) < 4.78 is 0. The van der Waals surface area contributed by atoms with Crippen LogP contribution in [0.2, 0.25) is 0 Å². The summed E-state index contributed by atoms with van der Waals surface area (Å²) in [6.45, 7) is 6.75. The first-order valence-corrected chi connectivity index (χ1v) is 3.68. The maximum atomic E-state index is 11.2. The van der Waals surface area contributed by atoms with Crippen molar-refractivity contribution in [3.05, 3.63) is 11.6 Å². The van der Waals surface area contributed by atoms with Crippen LogP contribution >= 0.6 is 0 Å². The zero-order valence-corrected chi connectivity index (χ0v) is 7.47. The first-order chi connectivity index (χ1) is 4.95. The van der Waals surface area contributed by atoms with E-state index in [-0.39, 0.29) is 17.5 Å². The van der Waals surface area contributed by atoms with E-state index in [9.17, 15) is 9.59 Å². The van der Waals surface area contributed by atoms with E-state index >= 15 is 0 Å². The van der Waals surface area contributed by atoms with E-state index in [1.165, 1.54) is 13.0 Å². The fourth-order valence-corrected chi connectivity index (χ4v) is 0.831. The van der Waals surface area contributed by atoms with Gasteiger partial charge in [-0.2, -0.15) is 0 Å². The standard InChI is InChI=1S/C9H14O2/c1-6(2)9(11)7(3)5-8(4)10/h5-6H,1-4H3/b7-5-. The first-order valence-electron chi connectivity index (χ1n) is 3.68. The highest BCUT2D eigenvalue weighted by molar-refractivity contribution is 6.02. The van der Waals surface area contributed by atoms with Crippen molar-refractivity contribution in [3.63, 3.8) is 0 Å². The molecule has 0 saturated carbocycles. The SMILES string of the molecule is CC(=O)/C=C(/C)C(=O)C(C)C. The minimum absolute atomic E-state index is 0.0226. The highest BCUT2D eigenvalue weighted by Crippen LogP contribution is 2.04. The first kappa shape index (κ1) is 10.1. The summed E-state index contributed by atoms with van der Waals surface area (Å²) in [5, 5.41) is 0. The van der Waals surface area contributed by atoms with Gasteiger partial charge in [0.1, 0.15) is 0 Å². The van der Waals surface area contributed by atoms with Gasteiger partial charge in [-0.1, -0.05) is 13.8 Å². The second-order valence-electron chi connectivity index (χ2n) is 2.96. The minimum Gasteiger partial charge on any atom is -0.295 e. The number of hydrogen-bond donors (Lipinski definition) is 0. The van der Waals surface area contributed by atoms with Gasteiger partial charge in [-0.05, 0) is 25.5 Å². The molecule has 0 amide bonds. The molecule has 0 fully saturated rings. The molecule has 0 spiro atoms. The molecule has 0 aromatic rings. The average molecular weight is 154 g/mol. The smallest absolute Gasteiger partial charge is 0.161 e. The quantitative estimate of drug-likeness (QED) is 0.580. The molecule has 0 unspecified atom stereocenters. The molecule has 11 heavy (non-hydrogen) atoms. The summed E-state index contributed by atoms with van der Waals surface area (Å²) in [5.74, 6) is -0.0534. The van der Waals surface area contributed by atoms with Gasteiger partial charge in [-0.25, -0.2) is 0 Å². The summed E-state index contributed by atoms with van der Waals surface area (Å²) in [4.78, 5) is 21.7. The Morgan fingerprint density at radius 3 is 1.91 bits per heavy atom. The largest absolute Gasteiger partial charge is 0.295 e. The van der Waals surface area contributed by atoms with Crippen molar-refractivity contribution in [1.29, 1.82) is 0 Å². The molecule has 0 heterocycles. The lowest BCUT2D eigenvalue weighted by molar-refractivity contribution is -0.119. The normalized spacial score (nSPS) is 11.9. The van der Waals surface area contributed by atoms with E-state index in [1.54, 1.807) is 6.92 Å². The van der Waals surface area contributed by atoms with Gasteiger partial charge in [-0.15, -0.1) is 0 Å². The summed E-state index contributed by atoms with van der Waals surface area (Å²) in [6.07, 6.45) is 1.38. The molecule has 0 rings (SSSR count). The number of rotatable bonds is 3. The maximum Gasteiger partial charge on any atom is 0.161 e. The molecule has 62 valence electrons. The lowest BCUT2D eigenvalue weighted by Crippen LogP contribution is -2.08. The van der Waals surface area contributed by atoms with E-state index in [1.807, 2.05) is 13.8 Å². The topological polar surface area (TPSA) is 34.1 Å². The Balaban J connectivity index is 4.36. The molecule has 0 atom stereocenters. The van der Waals surface area contributed by atoms with Gasteiger partial charge in [0.25, 0.3) is 0 Å². The molecule has 0 aromatic carbocycles. The van der Waals surface area contributed by atoms with Crippen LogP contribution in [-0.2, 0) is 9.59 Å². The third kappa shape index (κ3) is 3.71. The molecule has 0 aliphatic heterocycles. The van der Waals surface area contributed by atoms with Gasteiger partial charge in [0.05, 0.1) is 0 Å². The molecule has 0 saturated heterocycles. The molecule has 2 heteroatoms. The summed E-state index contributed by atoms with van der Waals surface area (Å²) >= 11 is 0. The lowest BCUT2D eigenvalue weighted by atomic mass is 10.0. The Morgan fingerprint density at radius 2 is 1.64 bits per heavy atom. The van der Waals surface area contributed by atoms with Crippen molar-refractivity contribution < 1.29 is 9.59 Å². The second kappa shape index (κ2) is 4.06. The molecular formula is C9H14O2. The summed E-state index contributed by atoms with van der Waals surface area (Å²) in [6, 6.07) is 0. The van der Waals surface area contributed by atoms with E-state index in [4.69, 9.17) is 0 Å². The van der Waals surface area contributed by atoms with E-state index in [0.29, 0.717) is 5.57 Å². The summed E-state index contributed by atoms with van der Waals surface area (Å²) in [5.41, 5.74) is 0.549. The van der Waals surface area contributed by atoms with Crippen LogP contribution < -0.4 is 0 Å². The fourth-order valence-electron chi connectivity index (χ4n) is 0.831. The molecule has 0 aromatic heterocycles. The fraction of sp³-hybridized carbons (Fsp3) is 0.556. The number of carbonyl (C=O) groups excluding carboxylic acids is 2. The molecule has 0 radical (unpaired) electrons. The molecule has 2 nitrogen and oxygen atoms in total. The highest BCUT2D eigenvalue weighted by atomic mass is 16.1. The van der Waals surface area contributed by atoms with E-state index in [2.05, 4.69) is 0 Å². The average Bonchev–Trinajstić information content (AvgIpc) is 1.84. The Bertz CT molecular complexity index is 200. The van der Waals surface area contributed by atoms with Crippen molar-refractivity contribution in [3.8, 4) is 0 Å². The van der Waals surface area contributed by atoms with Gasteiger partial charge in [0.2, 0.25) is 0 Å². The second-order valence-corrected chi connectivity index (χ2v) is 2.96. The van der Waals surface area contributed by atoms with Crippen LogP contribution in [0.25, 0.3) is 0 Å². The van der Waals surface area contributed by atoms with Crippen LogP contribution in [-0.4, -0.2) is 11.6 Å². The van der Waals surface area contributed by atoms with Gasteiger partial charge < -0.3 is 0 Å². The van der Waals surface area contributed by atoms with Crippen molar-refractivity contribution in [1.82, 2.24) is 0 Å². The van der Waals surface area contributed by atoms with Crippen molar-refractivity contribution in [2.24, 2.45) is 5.92 Å². The van der Waals surface area contributed by atoms with Crippen LogP contribution in [0.15, 0.2) is 11.6 Å². The Hall–Kier alpha value is -0.920. The van der Waals surface area contributed by atoms with Gasteiger partial charge in [0.15, 0.2) is 11.6 Å². The lowest BCUT2D eigenvalue weighted by Gasteiger charge is -2.01. The molecule has 0 aliphatic carbocycles. The zero-order chi connectivity index (χ0) is 9.02. The van der Waals surface area contributed by atoms with Crippen molar-refractivity contribution >= 4 is 11.6 Å². The molecule has 0 aliphatic rings. The van der Waals surface area contributed by atoms with Crippen LogP contribution in [0.5, 0.6) is 0 Å². The minimum atomic E-state index is -0.0727. The Labute approximate surface area is 67.3 Å². The third-order valence-electron chi connectivity index (χ3n) is 1.33. The Morgan fingerprint density at radius 1 is 1.18 bits per heavy atom. The Kier molecular flexibility index (Phi) is 3.72. The van der Waals surface area contributed by atoms with E-state index < -0.39 is 0 Å². The van der Waals surface area contributed by atoms with Crippen LogP contribution in [0.3, 0.4) is 0 Å². The molecular weight excluding hydrogens is 140 g/mol.